The van der Waals surface area contributed by atoms with E-state index in [9.17, 15) is 10.1 Å². The minimum Gasteiger partial charge on any atom is -0.364 e. The van der Waals surface area contributed by atoms with Crippen molar-refractivity contribution in [2.45, 2.75) is 33.1 Å². The Morgan fingerprint density at radius 3 is 2.57 bits per heavy atom. The lowest BCUT2D eigenvalue weighted by Crippen LogP contribution is -2.35. The van der Waals surface area contributed by atoms with Crippen LogP contribution in [0.1, 0.15) is 32.4 Å². The molecular formula is C14H25N5O2. The third-order valence-corrected chi connectivity index (χ3v) is 4.32. The molecule has 1 aliphatic heterocycles. The summed E-state index contributed by atoms with van der Waals surface area (Å²) in [7, 11) is 1.76. The number of rotatable bonds is 6. The van der Waals surface area contributed by atoms with Crippen molar-refractivity contribution in [1.82, 2.24) is 14.7 Å². The number of nitrogens with zero attached hydrogens (tertiary/aromatic N) is 4. The molecule has 2 rings (SSSR count). The molecule has 1 aromatic rings. The van der Waals surface area contributed by atoms with Gasteiger partial charge >= 0.3 is 5.69 Å². The Kier molecular flexibility index (Phi) is 5.17. The summed E-state index contributed by atoms with van der Waals surface area (Å²) in [6, 6.07) is 0. The number of nitrogens with one attached hydrogen (secondary N) is 1. The lowest BCUT2D eigenvalue weighted by atomic mass is 9.97. The molecule has 1 N–H and O–H groups in total. The minimum absolute atomic E-state index is 0.131. The quantitative estimate of drug-likeness (QED) is 0.642. The fraction of sp³-hybridized carbons (Fsp3) is 0.786. The van der Waals surface area contributed by atoms with Gasteiger partial charge in [-0.3, -0.25) is 10.1 Å². The minimum atomic E-state index is -0.326. The van der Waals surface area contributed by atoms with Crippen molar-refractivity contribution in [3.63, 3.8) is 0 Å². The Hall–Kier alpha value is -1.63. The van der Waals surface area contributed by atoms with E-state index in [1.807, 2.05) is 6.92 Å². The van der Waals surface area contributed by atoms with Crippen LogP contribution in [-0.2, 0) is 13.5 Å². The van der Waals surface area contributed by atoms with Crippen LogP contribution in [-0.4, -0.2) is 45.8 Å². The number of aromatic nitrogens is 2. The highest BCUT2D eigenvalue weighted by Gasteiger charge is 2.26. The largest absolute Gasteiger partial charge is 0.364 e. The highest BCUT2D eigenvalue weighted by atomic mass is 16.6. The first kappa shape index (κ1) is 15.8. The molecule has 1 aromatic heterocycles. The fourth-order valence-corrected chi connectivity index (χ4v) is 2.94. The third-order valence-electron chi connectivity index (χ3n) is 4.32. The summed E-state index contributed by atoms with van der Waals surface area (Å²) in [5, 5.41) is 18.8. The van der Waals surface area contributed by atoms with E-state index in [4.69, 9.17) is 0 Å². The van der Waals surface area contributed by atoms with Crippen LogP contribution in [0.3, 0.4) is 0 Å². The molecule has 2 heterocycles. The molecule has 0 aliphatic carbocycles. The first-order valence-electron chi connectivity index (χ1n) is 7.73. The summed E-state index contributed by atoms with van der Waals surface area (Å²) in [6.07, 6.45) is 2.86. The monoisotopic (exact) mass is 295 g/mol. The lowest BCUT2D eigenvalue weighted by Gasteiger charge is -2.31. The van der Waals surface area contributed by atoms with Crippen LogP contribution in [0.5, 0.6) is 0 Å². The Morgan fingerprint density at radius 1 is 1.38 bits per heavy atom. The zero-order valence-electron chi connectivity index (χ0n) is 13.1. The molecule has 1 saturated heterocycles. The highest BCUT2D eigenvalue weighted by molar-refractivity contribution is 5.59. The second kappa shape index (κ2) is 6.89. The molecule has 118 valence electrons. The van der Waals surface area contributed by atoms with Crippen LogP contribution in [0.4, 0.5) is 11.5 Å². The number of likely N-dealkylation sites (tertiary alicyclic amines) is 1. The van der Waals surface area contributed by atoms with E-state index in [0.717, 1.165) is 39.0 Å². The summed E-state index contributed by atoms with van der Waals surface area (Å²) >= 11 is 0. The van der Waals surface area contributed by atoms with E-state index in [-0.39, 0.29) is 10.6 Å². The van der Waals surface area contributed by atoms with Gasteiger partial charge in [-0.2, -0.15) is 5.10 Å². The highest BCUT2D eigenvalue weighted by Crippen LogP contribution is 2.29. The van der Waals surface area contributed by atoms with Crippen molar-refractivity contribution >= 4 is 11.5 Å². The van der Waals surface area contributed by atoms with Crippen LogP contribution in [0.2, 0.25) is 0 Å². The topological polar surface area (TPSA) is 76.2 Å². The van der Waals surface area contributed by atoms with Gasteiger partial charge in [0.25, 0.3) is 0 Å². The maximum Gasteiger partial charge on any atom is 0.333 e. The average molecular weight is 295 g/mol. The maximum atomic E-state index is 11.3. The van der Waals surface area contributed by atoms with Crippen molar-refractivity contribution in [2.75, 3.05) is 31.5 Å². The second-order valence-corrected chi connectivity index (χ2v) is 5.64. The zero-order valence-corrected chi connectivity index (χ0v) is 13.1. The van der Waals surface area contributed by atoms with E-state index >= 15 is 0 Å². The summed E-state index contributed by atoms with van der Waals surface area (Å²) in [5.41, 5.74) is 0.678. The first-order chi connectivity index (χ1) is 10.1. The van der Waals surface area contributed by atoms with E-state index in [1.54, 1.807) is 11.7 Å². The summed E-state index contributed by atoms with van der Waals surface area (Å²) in [5.74, 6) is 1.11. The zero-order chi connectivity index (χ0) is 15.4. The molecule has 0 bridgehead atoms. The molecule has 0 saturated carbocycles. The van der Waals surface area contributed by atoms with Gasteiger partial charge < -0.3 is 10.2 Å². The molecule has 21 heavy (non-hydrogen) atoms. The first-order valence-corrected chi connectivity index (χ1v) is 7.73. The number of anilines is 1. The van der Waals surface area contributed by atoms with Crippen LogP contribution >= 0.6 is 0 Å². The van der Waals surface area contributed by atoms with Gasteiger partial charge in [0.05, 0.1) is 4.92 Å². The third kappa shape index (κ3) is 3.53. The van der Waals surface area contributed by atoms with Gasteiger partial charge in [-0.15, -0.1) is 0 Å². The average Bonchev–Trinajstić information content (AvgIpc) is 2.81. The fourth-order valence-electron chi connectivity index (χ4n) is 2.94. The summed E-state index contributed by atoms with van der Waals surface area (Å²) < 4.78 is 1.60. The molecule has 0 spiro atoms. The van der Waals surface area contributed by atoms with Crippen molar-refractivity contribution in [3.05, 3.63) is 15.8 Å². The summed E-state index contributed by atoms with van der Waals surface area (Å²) in [4.78, 5) is 13.4. The van der Waals surface area contributed by atoms with E-state index < -0.39 is 0 Å². The lowest BCUT2D eigenvalue weighted by molar-refractivity contribution is -0.384. The Bertz CT molecular complexity index is 492. The number of nitro groups is 1. The van der Waals surface area contributed by atoms with Gasteiger partial charge in [0.2, 0.25) is 5.82 Å². The predicted molar refractivity (Wildman–Crippen MR) is 82.6 cm³/mol. The van der Waals surface area contributed by atoms with Gasteiger partial charge in [-0.1, -0.05) is 13.8 Å². The smallest absolute Gasteiger partial charge is 0.333 e. The molecule has 7 heteroatoms. The van der Waals surface area contributed by atoms with Crippen molar-refractivity contribution in [1.29, 1.82) is 0 Å². The molecule has 0 radical (unpaired) electrons. The molecule has 1 aliphatic rings. The standard InChI is InChI=1S/C14H25N5O2/c1-4-12-13(19(20)21)14(17(3)16-12)15-10-11-6-8-18(5-2)9-7-11/h11,15H,4-10H2,1-3H3. The number of aryl methyl sites for hydroxylation is 2. The van der Waals surface area contributed by atoms with Gasteiger partial charge in [-0.25, -0.2) is 4.68 Å². The molecule has 0 aromatic carbocycles. The van der Waals surface area contributed by atoms with Crippen molar-refractivity contribution < 1.29 is 4.92 Å². The molecule has 0 atom stereocenters. The van der Waals surface area contributed by atoms with Gasteiger partial charge in [-0.05, 0) is 44.8 Å². The van der Waals surface area contributed by atoms with E-state index in [2.05, 4.69) is 22.2 Å². The maximum absolute atomic E-state index is 11.3. The van der Waals surface area contributed by atoms with Crippen LogP contribution in [0.15, 0.2) is 0 Å². The molecule has 0 amide bonds. The Labute approximate surface area is 125 Å². The molecule has 7 nitrogen and oxygen atoms in total. The van der Waals surface area contributed by atoms with E-state index in [0.29, 0.717) is 23.9 Å². The van der Waals surface area contributed by atoms with Gasteiger partial charge in [0, 0.05) is 13.6 Å². The molecular weight excluding hydrogens is 270 g/mol. The van der Waals surface area contributed by atoms with Gasteiger partial charge in [0.1, 0.15) is 5.69 Å². The van der Waals surface area contributed by atoms with Crippen LogP contribution < -0.4 is 5.32 Å². The van der Waals surface area contributed by atoms with Crippen molar-refractivity contribution in [3.8, 4) is 0 Å². The van der Waals surface area contributed by atoms with E-state index in [1.165, 1.54) is 0 Å². The van der Waals surface area contributed by atoms with Crippen molar-refractivity contribution in [2.24, 2.45) is 13.0 Å². The predicted octanol–water partition coefficient (Wildman–Crippen LogP) is 2.03. The Balaban J connectivity index is 2.00. The van der Waals surface area contributed by atoms with Crippen LogP contribution in [0, 0.1) is 16.0 Å². The summed E-state index contributed by atoms with van der Waals surface area (Å²) in [6.45, 7) is 8.20. The SMILES string of the molecule is CCc1nn(C)c(NCC2CCN(CC)CC2)c1[N+](=O)[O-]. The number of hydrogen-bond donors (Lipinski definition) is 1. The Morgan fingerprint density at radius 2 is 2.05 bits per heavy atom. The molecule has 1 fully saturated rings. The number of piperidine rings is 1. The second-order valence-electron chi connectivity index (χ2n) is 5.64. The normalized spacial score (nSPS) is 17.1. The molecule has 0 unspecified atom stereocenters. The van der Waals surface area contributed by atoms with Crippen LogP contribution in [0.25, 0.3) is 0 Å². The number of hydrogen-bond acceptors (Lipinski definition) is 5. The van der Waals surface area contributed by atoms with Gasteiger partial charge in [0.15, 0.2) is 0 Å².